The lowest BCUT2D eigenvalue weighted by molar-refractivity contribution is -0.143. The minimum absolute atomic E-state index is 0.149. The van der Waals surface area contributed by atoms with E-state index in [1.54, 1.807) is 13.0 Å². The molecule has 0 saturated carbocycles. The van der Waals surface area contributed by atoms with Gasteiger partial charge in [-0.05, 0) is 26.3 Å². The molecule has 0 aliphatic heterocycles. The van der Waals surface area contributed by atoms with E-state index in [9.17, 15) is 9.59 Å². The first-order valence-electron chi connectivity index (χ1n) is 5.84. The molecule has 1 aromatic rings. The highest BCUT2D eigenvalue weighted by molar-refractivity contribution is 7.14. The van der Waals surface area contributed by atoms with Crippen LogP contribution in [0, 0.1) is 6.92 Å². The summed E-state index contributed by atoms with van der Waals surface area (Å²) in [5.74, 6) is -0.383. The largest absolute Gasteiger partial charge is 0.466 e. The monoisotopic (exact) mass is 270 g/mol. The number of hydrogen-bond donors (Lipinski definition) is 2. The molecule has 18 heavy (non-hydrogen) atoms. The van der Waals surface area contributed by atoms with Crippen LogP contribution >= 0.6 is 11.3 Å². The van der Waals surface area contributed by atoms with Gasteiger partial charge in [-0.2, -0.15) is 0 Å². The van der Waals surface area contributed by atoms with E-state index in [4.69, 9.17) is 10.5 Å². The Kier molecular flexibility index (Phi) is 5.64. The number of thiophene rings is 1. The number of hydrogen-bond acceptors (Lipinski definition) is 5. The van der Waals surface area contributed by atoms with Crippen LogP contribution in [0.15, 0.2) is 6.07 Å². The van der Waals surface area contributed by atoms with Crippen molar-refractivity contribution in [2.75, 3.05) is 18.9 Å². The molecule has 6 heteroatoms. The van der Waals surface area contributed by atoms with Gasteiger partial charge in [0, 0.05) is 23.5 Å². The van der Waals surface area contributed by atoms with Crippen molar-refractivity contribution in [1.29, 1.82) is 0 Å². The third kappa shape index (κ3) is 4.37. The smallest absolute Gasteiger partial charge is 0.305 e. The summed E-state index contributed by atoms with van der Waals surface area (Å²) in [7, 11) is 0. The third-order valence-corrected chi connectivity index (χ3v) is 3.39. The maximum atomic E-state index is 11.7. The van der Waals surface area contributed by atoms with Crippen LogP contribution in [-0.2, 0) is 9.53 Å². The minimum Gasteiger partial charge on any atom is -0.466 e. The van der Waals surface area contributed by atoms with Gasteiger partial charge in [-0.1, -0.05) is 0 Å². The molecular weight excluding hydrogens is 252 g/mol. The predicted molar refractivity (Wildman–Crippen MR) is 71.7 cm³/mol. The molecular formula is C12H18N2O3S. The Hall–Kier alpha value is -1.56. The van der Waals surface area contributed by atoms with E-state index in [-0.39, 0.29) is 11.9 Å². The number of nitrogens with two attached hydrogens (primary N) is 1. The summed E-state index contributed by atoms with van der Waals surface area (Å²) in [5.41, 5.74) is 6.31. The van der Waals surface area contributed by atoms with Crippen LogP contribution in [0.4, 0.5) is 5.69 Å². The summed E-state index contributed by atoms with van der Waals surface area (Å²) < 4.78 is 4.79. The van der Waals surface area contributed by atoms with Gasteiger partial charge >= 0.3 is 5.97 Å². The van der Waals surface area contributed by atoms with E-state index in [1.807, 2.05) is 6.92 Å². The van der Waals surface area contributed by atoms with Crippen molar-refractivity contribution in [3.63, 3.8) is 0 Å². The molecule has 0 aliphatic rings. The standard InChI is InChI=1S/C12H18N2O3S/c1-3-17-11(15)5-4-6-14-12(16)10-7-9(13)8(2)18-10/h7H,3-6,13H2,1-2H3,(H,14,16). The van der Waals surface area contributed by atoms with Crippen molar-refractivity contribution in [3.8, 4) is 0 Å². The van der Waals surface area contributed by atoms with Crippen molar-refractivity contribution < 1.29 is 14.3 Å². The fourth-order valence-corrected chi connectivity index (χ4v) is 2.22. The Morgan fingerprint density at radius 2 is 2.22 bits per heavy atom. The van der Waals surface area contributed by atoms with Crippen molar-refractivity contribution in [1.82, 2.24) is 5.32 Å². The van der Waals surface area contributed by atoms with Gasteiger partial charge < -0.3 is 15.8 Å². The molecule has 1 heterocycles. The van der Waals surface area contributed by atoms with Crippen molar-refractivity contribution in [2.24, 2.45) is 0 Å². The Morgan fingerprint density at radius 3 is 2.78 bits per heavy atom. The van der Waals surface area contributed by atoms with Crippen LogP contribution < -0.4 is 11.1 Å². The van der Waals surface area contributed by atoms with Crippen molar-refractivity contribution in [3.05, 3.63) is 15.8 Å². The number of carbonyl (C=O) groups is 2. The summed E-state index contributed by atoms with van der Waals surface area (Å²) in [6, 6.07) is 1.67. The number of esters is 1. The quantitative estimate of drug-likeness (QED) is 0.609. The average Bonchev–Trinajstić information content (AvgIpc) is 2.65. The Bertz CT molecular complexity index is 409. The van der Waals surface area contributed by atoms with Gasteiger partial charge in [-0.3, -0.25) is 9.59 Å². The number of anilines is 1. The molecule has 5 nitrogen and oxygen atoms in total. The molecule has 1 aromatic heterocycles. The summed E-state index contributed by atoms with van der Waals surface area (Å²) in [6.07, 6.45) is 0.893. The van der Waals surface area contributed by atoms with Gasteiger partial charge in [-0.25, -0.2) is 0 Å². The zero-order valence-corrected chi connectivity index (χ0v) is 11.4. The molecule has 0 aromatic carbocycles. The topological polar surface area (TPSA) is 81.4 Å². The molecule has 3 N–H and O–H groups in total. The van der Waals surface area contributed by atoms with E-state index in [0.717, 1.165) is 4.88 Å². The second-order valence-corrected chi connectivity index (χ2v) is 5.04. The maximum Gasteiger partial charge on any atom is 0.305 e. The number of nitrogens with one attached hydrogen (secondary N) is 1. The zero-order chi connectivity index (χ0) is 13.5. The predicted octanol–water partition coefficient (Wildman–Crippen LogP) is 1.71. The molecule has 100 valence electrons. The maximum absolute atomic E-state index is 11.7. The van der Waals surface area contributed by atoms with E-state index in [1.165, 1.54) is 11.3 Å². The molecule has 0 atom stereocenters. The van der Waals surface area contributed by atoms with Crippen molar-refractivity contribution in [2.45, 2.75) is 26.7 Å². The Balaban J connectivity index is 2.27. The van der Waals surface area contributed by atoms with E-state index >= 15 is 0 Å². The number of aryl methyl sites for hydroxylation is 1. The summed E-state index contributed by atoms with van der Waals surface area (Å²) in [4.78, 5) is 24.3. The van der Waals surface area contributed by atoms with E-state index in [0.29, 0.717) is 36.6 Å². The van der Waals surface area contributed by atoms with Gasteiger partial charge in [0.1, 0.15) is 0 Å². The minimum atomic E-state index is -0.233. The number of nitrogen functional groups attached to an aromatic ring is 1. The van der Waals surface area contributed by atoms with Crippen molar-refractivity contribution >= 4 is 28.9 Å². The van der Waals surface area contributed by atoms with Crippen LogP contribution in [0.25, 0.3) is 0 Å². The van der Waals surface area contributed by atoms with Gasteiger partial charge in [0.15, 0.2) is 0 Å². The van der Waals surface area contributed by atoms with Gasteiger partial charge in [0.2, 0.25) is 0 Å². The van der Waals surface area contributed by atoms with Crippen LogP contribution in [0.5, 0.6) is 0 Å². The number of carbonyl (C=O) groups excluding carboxylic acids is 2. The summed E-state index contributed by atoms with van der Waals surface area (Å²) in [6.45, 7) is 4.48. The first kappa shape index (κ1) is 14.5. The highest BCUT2D eigenvalue weighted by Gasteiger charge is 2.10. The summed E-state index contributed by atoms with van der Waals surface area (Å²) >= 11 is 1.37. The number of rotatable bonds is 6. The fraction of sp³-hybridized carbons (Fsp3) is 0.500. The first-order chi connectivity index (χ1) is 8.54. The third-order valence-electron chi connectivity index (χ3n) is 2.33. The SMILES string of the molecule is CCOC(=O)CCCNC(=O)c1cc(N)c(C)s1. The number of amides is 1. The molecule has 0 spiro atoms. The van der Waals surface area contributed by atoms with Gasteiger partial charge in [0.25, 0.3) is 5.91 Å². The Labute approximate surface area is 110 Å². The molecule has 0 fully saturated rings. The second-order valence-electron chi connectivity index (χ2n) is 3.79. The second kappa shape index (κ2) is 7.00. The van der Waals surface area contributed by atoms with Crippen LogP contribution in [0.2, 0.25) is 0 Å². The molecule has 0 radical (unpaired) electrons. The van der Waals surface area contributed by atoms with Crippen LogP contribution in [-0.4, -0.2) is 25.0 Å². The highest BCUT2D eigenvalue weighted by Crippen LogP contribution is 2.22. The summed E-state index contributed by atoms with van der Waals surface area (Å²) in [5, 5.41) is 2.75. The lowest BCUT2D eigenvalue weighted by atomic mass is 10.3. The first-order valence-corrected chi connectivity index (χ1v) is 6.66. The van der Waals surface area contributed by atoms with E-state index in [2.05, 4.69) is 5.32 Å². The highest BCUT2D eigenvalue weighted by atomic mass is 32.1. The molecule has 0 unspecified atom stereocenters. The van der Waals surface area contributed by atoms with Gasteiger partial charge in [0.05, 0.1) is 11.5 Å². The van der Waals surface area contributed by atoms with Crippen LogP contribution in [0.1, 0.15) is 34.3 Å². The lowest BCUT2D eigenvalue weighted by Gasteiger charge is -2.03. The fourth-order valence-electron chi connectivity index (χ4n) is 1.36. The average molecular weight is 270 g/mol. The number of ether oxygens (including phenoxy) is 1. The molecule has 0 saturated heterocycles. The molecule has 0 bridgehead atoms. The van der Waals surface area contributed by atoms with Crippen LogP contribution in [0.3, 0.4) is 0 Å². The normalized spacial score (nSPS) is 10.1. The van der Waals surface area contributed by atoms with Gasteiger partial charge in [-0.15, -0.1) is 11.3 Å². The molecule has 0 aliphatic carbocycles. The van der Waals surface area contributed by atoms with E-state index < -0.39 is 0 Å². The molecule has 1 rings (SSSR count). The Morgan fingerprint density at radius 1 is 1.50 bits per heavy atom. The zero-order valence-electron chi connectivity index (χ0n) is 10.6. The molecule has 1 amide bonds. The lowest BCUT2D eigenvalue weighted by Crippen LogP contribution is -2.24.